The normalized spacial score (nSPS) is 14.7. The molecule has 7 nitrogen and oxygen atoms in total. The molecule has 1 aliphatic heterocycles. The molecule has 0 aliphatic carbocycles. The third-order valence-electron chi connectivity index (χ3n) is 4.43. The van der Waals surface area contributed by atoms with E-state index in [1.807, 2.05) is 6.92 Å². The van der Waals surface area contributed by atoms with Crippen LogP contribution in [0.5, 0.6) is 11.5 Å². The van der Waals surface area contributed by atoms with Crippen LogP contribution in [-0.2, 0) is 20.9 Å². The van der Waals surface area contributed by atoms with E-state index in [4.69, 9.17) is 37.4 Å². The minimum absolute atomic E-state index is 0.170. The van der Waals surface area contributed by atoms with Crippen LogP contribution in [0.3, 0.4) is 0 Å². The van der Waals surface area contributed by atoms with Crippen molar-refractivity contribution in [2.24, 2.45) is 0 Å². The van der Waals surface area contributed by atoms with Gasteiger partial charge in [0.25, 0.3) is 11.1 Å². The topological polar surface area (TPSA) is 82.1 Å². The van der Waals surface area contributed by atoms with Gasteiger partial charge in [0, 0.05) is 15.6 Å². The lowest BCUT2D eigenvalue weighted by Gasteiger charge is -2.13. The Morgan fingerprint density at radius 3 is 2.52 bits per heavy atom. The maximum atomic E-state index is 12.6. The van der Waals surface area contributed by atoms with Gasteiger partial charge in [-0.1, -0.05) is 35.3 Å². The third-order valence-corrected chi connectivity index (χ3v) is 5.92. The zero-order valence-corrected chi connectivity index (χ0v) is 20.3. The molecule has 2 aromatic rings. The van der Waals surface area contributed by atoms with Crippen LogP contribution < -0.4 is 9.47 Å². The molecule has 33 heavy (non-hydrogen) atoms. The highest BCUT2D eigenvalue weighted by Crippen LogP contribution is 2.35. The minimum Gasteiger partial charge on any atom is -0.490 e. The molecule has 1 heterocycles. The van der Waals surface area contributed by atoms with Crippen molar-refractivity contribution >= 4 is 58.2 Å². The summed E-state index contributed by atoms with van der Waals surface area (Å²) in [5, 5.41) is 0.509. The molecule has 0 bridgehead atoms. The second kappa shape index (κ2) is 11.4. The summed E-state index contributed by atoms with van der Waals surface area (Å²) >= 11 is 12.9. The summed E-state index contributed by atoms with van der Waals surface area (Å²) in [6, 6.07) is 10.3. The maximum Gasteiger partial charge on any atom is 0.326 e. The Balaban J connectivity index is 1.77. The number of nitrogens with zero attached hydrogens (tertiary/aromatic N) is 1. The van der Waals surface area contributed by atoms with Crippen molar-refractivity contribution in [2.45, 2.75) is 20.5 Å². The van der Waals surface area contributed by atoms with E-state index < -0.39 is 23.7 Å². The number of imide groups is 1. The van der Waals surface area contributed by atoms with Crippen molar-refractivity contribution in [1.29, 1.82) is 0 Å². The molecule has 0 saturated carbocycles. The summed E-state index contributed by atoms with van der Waals surface area (Å²) < 4.78 is 16.4. The molecule has 1 aliphatic rings. The Morgan fingerprint density at radius 2 is 1.82 bits per heavy atom. The summed E-state index contributed by atoms with van der Waals surface area (Å²) in [5.41, 5.74) is 1.40. The molecule has 0 radical (unpaired) electrons. The predicted octanol–water partition coefficient (Wildman–Crippen LogP) is 5.57. The van der Waals surface area contributed by atoms with Crippen LogP contribution in [0.25, 0.3) is 6.08 Å². The fourth-order valence-corrected chi connectivity index (χ4v) is 4.22. The van der Waals surface area contributed by atoms with Crippen LogP contribution in [0.15, 0.2) is 41.3 Å². The van der Waals surface area contributed by atoms with Gasteiger partial charge in [-0.25, -0.2) is 0 Å². The van der Waals surface area contributed by atoms with Crippen LogP contribution >= 0.6 is 35.0 Å². The summed E-state index contributed by atoms with van der Waals surface area (Å²) in [7, 11) is 0. The van der Waals surface area contributed by atoms with Crippen LogP contribution in [0.2, 0.25) is 10.0 Å². The van der Waals surface area contributed by atoms with Crippen molar-refractivity contribution < 1.29 is 28.6 Å². The lowest BCUT2D eigenvalue weighted by atomic mass is 10.1. The first-order valence-electron chi connectivity index (χ1n) is 10.1. The molecule has 2 amide bonds. The highest BCUT2D eigenvalue weighted by atomic mass is 35.5. The van der Waals surface area contributed by atoms with Crippen molar-refractivity contribution in [2.75, 3.05) is 19.8 Å². The number of ether oxygens (including phenoxy) is 3. The molecule has 174 valence electrons. The largest absolute Gasteiger partial charge is 0.490 e. The fraction of sp³-hybridized carbons (Fsp3) is 0.261. The minimum atomic E-state index is -0.637. The average Bonchev–Trinajstić information content (AvgIpc) is 3.02. The molecule has 1 saturated heterocycles. The van der Waals surface area contributed by atoms with Gasteiger partial charge in [-0.3, -0.25) is 19.3 Å². The maximum absolute atomic E-state index is 12.6. The predicted molar refractivity (Wildman–Crippen MR) is 128 cm³/mol. The number of halogens is 2. The Kier molecular flexibility index (Phi) is 8.66. The van der Waals surface area contributed by atoms with Gasteiger partial charge in [0.15, 0.2) is 11.5 Å². The van der Waals surface area contributed by atoms with E-state index >= 15 is 0 Å². The highest BCUT2D eigenvalue weighted by Gasteiger charge is 2.36. The van der Waals surface area contributed by atoms with Crippen molar-refractivity contribution in [3.05, 3.63) is 62.5 Å². The van der Waals surface area contributed by atoms with Crippen LogP contribution in [0.4, 0.5) is 4.79 Å². The fourth-order valence-electron chi connectivity index (χ4n) is 2.92. The molecular formula is C23H21Cl2NO6S. The number of benzene rings is 2. The number of amides is 2. The van der Waals surface area contributed by atoms with Crippen molar-refractivity contribution in [3.8, 4) is 11.5 Å². The van der Waals surface area contributed by atoms with Gasteiger partial charge < -0.3 is 14.2 Å². The summed E-state index contributed by atoms with van der Waals surface area (Å²) in [5.74, 6) is -0.215. The molecule has 0 aromatic heterocycles. The number of hydrogen-bond donors (Lipinski definition) is 0. The number of carbonyl (C=O) groups is 3. The number of thioether (sulfide) groups is 1. The SMILES string of the molecule is CCOC(=O)CN1C(=O)S/C(=C\c2ccc(OCc3ccc(Cl)cc3Cl)c(OCC)c2)C1=O. The van der Waals surface area contributed by atoms with E-state index in [1.54, 1.807) is 49.4 Å². The van der Waals surface area contributed by atoms with Crippen LogP contribution in [-0.4, -0.2) is 41.8 Å². The number of rotatable bonds is 9. The lowest BCUT2D eigenvalue weighted by molar-refractivity contribution is -0.145. The Morgan fingerprint density at radius 1 is 1.03 bits per heavy atom. The summed E-state index contributed by atoms with van der Waals surface area (Å²) in [6.07, 6.45) is 1.57. The first kappa shape index (κ1) is 25.0. The number of esters is 1. The number of carbonyl (C=O) groups excluding carboxylic acids is 3. The van der Waals surface area contributed by atoms with E-state index in [0.29, 0.717) is 33.7 Å². The molecule has 0 N–H and O–H groups in total. The van der Waals surface area contributed by atoms with E-state index in [2.05, 4.69) is 0 Å². The smallest absolute Gasteiger partial charge is 0.326 e. The average molecular weight is 510 g/mol. The molecule has 0 unspecified atom stereocenters. The molecule has 0 spiro atoms. The summed E-state index contributed by atoms with van der Waals surface area (Å²) in [6.45, 7) is 3.86. The Hall–Kier alpha value is -2.68. The van der Waals surface area contributed by atoms with Gasteiger partial charge in [-0.15, -0.1) is 0 Å². The first-order chi connectivity index (χ1) is 15.8. The molecule has 3 rings (SSSR count). The lowest BCUT2D eigenvalue weighted by Crippen LogP contribution is -2.34. The Bertz CT molecular complexity index is 1100. The van der Waals surface area contributed by atoms with Gasteiger partial charge >= 0.3 is 5.97 Å². The standard InChI is InChI=1S/C23H21Cl2NO6S/c1-3-30-19-9-14(5-8-18(19)32-13-15-6-7-16(24)11-17(15)25)10-20-22(28)26(23(29)33-20)12-21(27)31-4-2/h5-11H,3-4,12-13H2,1-2H3/b20-10-. The molecular weight excluding hydrogens is 489 g/mol. The van der Waals surface area contributed by atoms with E-state index in [0.717, 1.165) is 22.2 Å². The van der Waals surface area contributed by atoms with E-state index in [-0.39, 0.29) is 18.1 Å². The van der Waals surface area contributed by atoms with Crippen LogP contribution in [0.1, 0.15) is 25.0 Å². The van der Waals surface area contributed by atoms with Crippen molar-refractivity contribution in [3.63, 3.8) is 0 Å². The molecule has 0 atom stereocenters. The van der Waals surface area contributed by atoms with Gasteiger partial charge in [0.2, 0.25) is 0 Å². The van der Waals surface area contributed by atoms with Gasteiger partial charge in [-0.05, 0) is 61.5 Å². The Labute approximate surface area is 205 Å². The third kappa shape index (κ3) is 6.43. The van der Waals surface area contributed by atoms with Gasteiger partial charge in [0.1, 0.15) is 13.2 Å². The van der Waals surface area contributed by atoms with E-state index in [9.17, 15) is 14.4 Å². The molecule has 10 heteroatoms. The zero-order chi connectivity index (χ0) is 24.0. The number of hydrogen-bond acceptors (Lipinski definition) is 7. The molecule has 1 fully saturated rings. The highest BCUT2D eigenvalue weighted by molar-refractivity contribution is 8.18. The van der Waals surface area contributed by atoms with Gasteiger partial charge in [-0.2, -0.15) is 0 Å². The van der Waals surface area contributed by atoms with Crippen LogP contribution in [0, 0.1) is 0 Å². The van der Waals surface area contributed by atoms with Crippen molar-refractivity contribution in [1.82, 2.24) is 4.90 Å². The quantitative estimate of drug-likeness (QED) is 0.322. The second-order valence-corrected chi connectivity index (χ2v) is 8.57. The second-order valence-electron chi connectivity index (χ2n) is 6.74. The first-order valence-corrected chi connectivity index (χ1v) is 11.6. The zero-order valence-electron chi connectivity index (χ0n) is 17.9. The summed E-state index contributed by atoms with van der Waals surface area (Å²) in [4.78, 5) is 37.5. The molecule has 2 aromatic carbocycles. The monoisotopic (exact) mass is 509 g/mol. The van der Waals surface area contributed by atoms with E-state index in [1.165, 1.54) is 0 Å². The van der Waals surface area contributed by atoms with Gasteiger partial charge in [0.05, 0.1) is 18.1 Å².